The zero-order valence-electron chi connectivity index (χ0n) is 12.0. The Labute approximate surface area is 132 Å². The Balaban J connectivity index is 2.09. The highest BCUT2D eigenvalue weighted by Crippen LogP contribution is 2.31. The number of pyridine rings is 1. The van der Waals surface area contributed by atoms with Gasteiger partial charge in [-0.2, -0.15) is 0 Å². The summed E-state index contributed by atoms with van der Waals surface area (Å²) in [5, 5.41) is 12.0. The maximum absolute atomic E-state index is 10.9. The summed E-state index contributed by atoms with van der Waals surface area (Å²) in [6.45, 7) is 3.80. The number of aliphatic hydroxyl groups is 1. The number of hydrogen-bond donors (Lipinski definition) is 1. The summed E-state index contributed by atoms with van der Waals surface area (Å²) in [5.41, 5.74) is 2.65. The fourth-order valence-electron chi connectivity index (χ4n) is 2.47. The Morgan fingerprint density at radius 1 is 0.952 bits per heavy atom. The monoisotopic (exact) mass is 341 g/mol. The molecule has 0 radical (unpaired) electrons. The summed E-state index contributed by atoms with van der Waals surface area (Å²) in [4.78, 5) is 4.50. The Bertz CT molecular complexity index is 794. The van der Waals surface area contributed by atoms with Crippen LogP contribution in [0.15, 0.2) is 59.1 Å². The SMILES string of the molecule is Cc1ccc2cc(C(C)(O)c3ccc(Br)cc3)ccc2n1. The number of fused-ring (bicyclic) bond motifs is 1. The largest absolute Gasteiger partial charge is 0.381 e. The number of aryl methyl sites for hydroxylation is 1. The van der Waals surface area contributed by atoms with E-state index in [4.69, 9.17) is 0 Å². The van der Waals surface area contributed by atoms with Crippen molar-refractivity contribution >= 4 is 26.8 Å². The molecule has 2 nitrogen and oxygen atoms in total. The minimum Gasteiger partial charge on any atom is -0.381 e. The number of benzene rings is 2. The molecule has 1 atom stereocenters. The molecule has 1 unspecified atom stereocenters. The van der Waals surface area contributed by atoms with E-state index in [2.05, 4.69) is 20.9 Å². The van der Waals surface area contributed by atoms with Gasteiger partial charge in [-0.25, -0.2) is 0 Å². The summed E-state index contributed by atoms with van der Waals surface area (Å²) < 4.78 is 1.00. The average molecular weight is 342 g/mol. The third-order valence-corrected chi connectivity index (χ3v) is 4.33. The minimum atomic E-state index is -1.03. The molecule has 0 fully saturated rings. The molecule has 3 heteroatoms. The fourth-order valence-corrected chi connectivity index (χ4v) is 2.74. The van der Waals surface area contributed by atoms with E-state index < -0.39 is 5.60 Å². The first-order valence-corrected chi connectivity index (χ1v) is 7.62. The number of nitrogens with zero attached hydrogens (tertiary/aromatic N) is 1. The smallest absolute Gasteiger partial charge is 0.112 e. The molecule has 0 saturated carbocycles. The lowest BCUT2D eigenvalue weighted by atomic mass is 9.87. The van der Waals surface area contributed by atoms with Gasteiger partial charge in [0, 0.05) is 15.6 Å². The van der Waals surface area contributed by atoms with Crippen molar-refractivity contribution in [3.8, 4) is 0 Å². The van der Waals surface area contributed by atoms with Crippen LogP contribution in [-0.2, 0) is 5.60 Å². The molecule has 0 aliphatic heterocycles. The van der Waals surface area contributed by atoms with Gasteiger partial charge in [-0.3, -0.25) is 4.98 Å². The molecule has 1 aromatic heterocycles. The normalized spacial score (nSPS) is 14.1. The standard InChI is InChI=1S/C18H16BrNO/c1-12-3-4-13-11-15(7-10-17(13)20-12)18(2,21)14-5-8-16(19)9-6-14/h3-11,21H,1-2H3. The van der Waals surface area contributed by atoms with E-state index in [0.717, 1.165) is 32.2 Å². The van der Waals surface area contributed by atoms with Crippen LogP contribution in [0.3, 0.4) is 0 Å². The van der Waals surface area contributed by atoms with Crippen LogP contribution < -0.4 is 0 Å². The molecule has 1 heterocycles. The highest BCUT2D eigenvalue weighted by atomic mass is 79.9. The second-order valence-corrected chi connectivity index (χ2v) is 6.35. The first-order valence-electron chi connectivity index (χ1n) is 6.83. The van der Waals surface area contributed by atoms with Crippen molar-refractivity contribution in [2.24, 2.45) is 0 Å². The molecule has 3 rings (SSSR count). The van der Waals surface area contributed by atoms with Gasteiger partial charge in [-0.15, -0.1) is 0 Å². The third kappa shape index (κ3) is 2.71. The van der Waals surface area contributed by atoms with Gasteiger partial charge < -0.3 is 5.11 Å². The number of rotatable bonds is 2. The van der Waals surface area contributed by atoms with E-state index in [-0.39, 0.29) is 0 Å². The third-order valence-electron chi connectivity index (χ3n) is 3.80. The fraction of sp³-hybridized carbons (Fsp3) is 0.167. The predicted molar refractivity (Wildman–Crippen MR) is 89.3 cm³/mol. The lowest BCUT2D eigenvalue weighted by Gasteiger charge is -2.25. The average Bonchev–Trinajstić information content (AvgIpc) is 2.47. The molecule has 0 saturated heterocycles. The van der Waals surface area contributed by atoms with E-state index in [1.165, 1.54) is 0 Å². The van der Waals surface area contributed by atoms with Crippen LogP contribution in [0.2, 0.25) is 0 Å². The molecular formula is C18H16BrNO. The van der Waals surface area contributed by atoms with Crippen LogP contribution in [0.5, 0.6) is 0 Å². The highest BCUT2D eigenvalue weighted by molar-refractivity contribution is 9.10. The van der Waals surface area contributed by atoms with Crippen molar-refractivity contribution in [1.29, 1.82) is 0 Å². The summed E-state index contributed by atoms with van der Waals surface area (Å²) in [5.74, 6) is 0. The van der Waals surface area contributed by atoms with E-state index >= 15 is 0 Å². The molecule has 21 heavy (non-hydrogen) atoms. The molecular weight excluding hydrogens is 326 g/mol. The van der Waals surface area contributed by atoms with Crippen LogP contribution in [0.4, 0.5) is 0 Å². The van der Waals surface area contributed by atoms with Gasteiger partial charge in [0.05, 0.1) is 5.52 Å². The minimum absolute atomic E-state index is 0.864. The van der Waals surface area contributed by atoms with Crippen molar-refractivity contribution in [3.63, 3.8) is 0 Å². The summed E-state index contributed by atoms with van der Waals surface area (Å²) in [6.07, 6.45) is 0. The maximum Gasteiger partial charge on any atom is 0.112 e. The molecule has 106 valence electrons. The van der Waals surface area contributed by atoms with Crippen molar-refractivity contribution < 1.29 is 5.11 Å². The van der Waals surface area contributed by atoms with Crippen molar-refractivity contribution in [3.05, 3.63) is 75.9 Å². The van der Waals surface area contributed by atoms with Gasteiger partial charge in [-0.1, -0.05) is 40.2 Å². The van der Waals surface area contributed by atoms with Gasteiger partial charge in [-0.05, 0) is 55.3 Å². The molecule has 0 aliphatic carbocycles. The zero-order chi connectivity index (χ0) is 15.0. The van der Waals surface area contributed by atoms with Crippen LogP contribution in [0.25, 0.3) is 10.9 Å². The van der Waals surface area contributed by atoms with Crippen molar-refractivity contribution in [2.75, 3.05) is 0 Å². The second kappa shape index (κ2) is 5.24. The first kappa shape index (κ1) is 14.2. The van der Waals surface area contributed by atoms with E-state index in [9.17, 15) is 5.11 Å². The topological polar surface area (TPSA) is 33.1 Å². The quantitative estimate of drug-likeness (QED) is 0.741. The van der Waals surface area contributed by atoms with Gasteiger partial charge in [0.2, 0.25) is 0 Å². The number of halogens is 1. The maximum atomic E-state index is 10.9. The van der Waals surface area contributed by atoms with Crippen molar-refractivity contribution in [1.82, 2.24) is 4.98 Å². The van der Waals surface area contributed by atoms with E-state index in [1.807, 2.05) is 68.4 Å². The molecule has 2 aromatic carbocycles. The Kier molecular flexibility index (Phi) is 3.56. The summed E-state index contributed by atoms with van der Waals surface area (Å²) in [7, 11) is 0. The highest BCUT2D eigenvalue weighted by Gasteiger charge is 2.25. The molecule has 0 aliphatic rings. The molecule has 0 amide bonds. The van der Waals surface area contributed by atoms with E-state index in [0.29, 0.717) is 0 Å². The Morgan fingerprint density at radius 3 is 2.33 bits per heavy atom. The lowest BCUT2D eigenvalue weighted by Crippen LogP contribution is -2.22. The number of aromatic nitrogens is 1. The van der Waals surface area contributed by atoms with E-state index in [1.54, 1.807) is 0 Å². The summed E-state index contributed by atoms with van der Waals surface area (Å²) in [6, 6.07) is 17.7. The lowest BCUT2D eigenvalue weighted by molar-refractivity contribution is 0.102. The van der Waals surface area contributed by atoms with Gasteiger partial charge in [0.15, 0.2) is 0 Å². The second-order valence-electron chi connectivity index (χ2n) is 5.44. The zero-order valence-corrected chi connectivity index (χ0v) is 13.6. The van der Waals surface area contributed by atoms with Crippen LogP contribution in [0, 0.1) is 6.92 Å². The molecule has 3 aromatic rings. The van der Waals surface area contributed by atoms with Crippen molar-refractivity contribution in [2.45, 2.75) is 19.4 Å². The number of hydrogen-bond acceptors (Lipinski definition) is 2. The van der Waals surface area contributed by atoms with Crippen LogP contribution >= 0.6 is 15.9 Å². The molecule has 0 spiro atoms. The molecule has 1 N–H and O–H groups in total. The van der Waals surface area contributed by atoms with Gasteiger partial charge >= 0.3 is 0 Å². The van der Waals surface area contributed by atoms with Gasteiger partial charge in [0.25, 0.3) is 0 Å². The van der Waals surface area contributed by atoms with Gasteiger partial charge in [0.1, 0.15) is 5.60 Å². The molecule has 0 bridgehead atoms. The Morgan fingerprint density at radius 2 is 1.62 bits per heavy atom. The summed E-state index contributed by atoms with van der Waals surface area (Å²) >= 11 is 3.42. The Hall–Kier alpha value is -1.71. The first-order chi connectivity index (χ1) is 9.96. The van der Waals surface area contributed by atoms with Crippen LogP contribution in [0.1, 0.15) is 23.7 Å². The van der Waals surface area contributed by atoms with Crippen LogP contribution in [-0.4, -0.2) is 10.1 Å². The predicted octanol–water partition coefficient (Wildman–Crippen LogP) is 4.56.